The zero-order chi connectivity index (χ0) is 14.1. The van der Waals surface area contributed by atoms with Crippen LogP contribution in [0.1, 0.15) is 19.4 Å². The SMILES string of the molecule is CCOC(CNc1cccc(Br)c1COC)OCC. The molecule has 19 heavy (non-hydrogen) atoms. The van der Waals surface area contributed by atoms with Crippen LogP contribution in [0.3, 0.4) is 0 Å². The van der Waals surface area contributed by atoms with Crippen LogP contribution in [-0.4, -0.2) is 33.2 Å². The summed E-state index contributed by atoms with van der Waals surface area (Å²) in [6, 6.07) is 6.01. The summed E-state index contributed by atoms with van der Waals surface area (Å²) in [5, 5.41) is 3.35. The van der Waals surface area contributed by atoms with Crippen LogP contribution < -0.4 is 5.32 Å². The molecule has 4 nitrogen and oxygen atoms in total. The number of halogens is 1. The Hall–Kier alpha value is -0.620. The monoisotopic (exact) mass is 331 g/mol. The Morgan fingerprint density at radius 3 is 2.47 bits per heavy atom. The first kappa shape index (κ1) is 16.4. The molecule has 0 saturated heterocycles. The van der Waals surface area contributed by atoms with Gasteiger partial charge in [-0.2, -0.15) is 0 Å². The van der Waals surface area contributed by atoms with Gasteiger partial charge in [-0.1, -0.05) is 22.0 Å². The zero-order valence-corrected chi connectivity index (χ0v) is 13.3. The highest BCUT2D eigenvalue weighted by Crippen LogP contribution is 2.25. The van der Waals surface area contributed by atoms with Gasteiger partial charge in [0, 0.05) is 36.0 Å². The topological polar surface area (TPSA) is 39.7 Å². The standard InChI is InChI=1S/C14H22BrNO3/c1-4-18-14(19-5-2)9-16-13-8-6-7-12(15)11(13)10-17-3/h6-8,14,16H,4-5,9-10H2,1-3H3. The summed E-state index contributed by atoms with van der Waals surface area (Å²) < 4.78 is 17.3. The summed E-state index contributed by atoms with van der Waals surface area (Å²) >= 11 is 3.53. The van der Waals surface area contributed by atoms with E-state index in [-0.39, 0.29) is 6.29 Å². The van der Waals surface area contributed by atoms with Crippen molar-refractivity contribution in [2.75, 3.05) is 32.2 Å². The molecular formula is C14H22BrNO3. The van der Waals surface area contributed by atoms with Crippen LogP contribution in [0.5, 0.6) is 0 Å². The predicted molar refractivity (Wildman–Crippen MR) is 80.4 cm³/mol. The van der Waals surface area contributed by atoms with Gasteiger partial charge < -0.3 is 19.5 Å². The lowest BCUT2D eigenvalue weighted by Gasteiger charge is -2.19. The molecular weight excluding hydrogens is 310 g/mol. The molecule has 1 N–H and O–H groups in total. The Kier molecular flexibility index (Phi) is 8.05. The van der Waals surface area contributed by atoms with Gasteiger partial charge in [0.15, 0.2) is 6.29 Å². The number of benzene rings is 1. The first-order valence-electron chi connectivity index (χ1n) is 6.46. The van der Waals surface area contributed by atoms with Gasteiger partial charge in [-0.3, -0.25) is 0 Å². The highest BCUT2D eigenvalue weighted by Gasteiger charge is 2.10. The molecule has 0 aliphatic rings. The minimum absolute atomic E-state index is 0.232. The Bertz CT molecular complexity index is 368. The highest BCUT2D eigenvalue weighted by atomic mass is 79.9. The number of nitrogens with one attached hydrogen (secondary N) is 1. The number of hydrogen-bond donors (Lipinski definition) is 1. The molecule has 0 unspecified atom stereocenters. The molecule has 0 amide bonds. The molecule has 0 saturated carbocycles. The van der Waals surface area contributed by atoms with Crippen molar-refractivity contribution in [3.63, 3.8) is 0 Å². The molecule has 0 aromatic heterocycles. The fourth-order valence-electron chi connectivity index (χ4n) is 1.75. The van der Waals surface area contributed by atoms with Crippen LogP contribution in [0.15, 0.2) is 22.7 Å². The lowest BCUT2D eigenvalue weighted by molar-refractivity contribution is -0.126. The molecule has 0 heterocycles. The van der Waals surface area contributed by atoms with Crippen molar-refractivity contribution in [3.05, 3.63) is 28.2 Å². The van der Waals surface area contributed by atoms with Gasteiger partial charge in [-0.25, -0.2) is 0 Å². The number of hydrogen-bond acceptors (Lipinski definition) is 4. The van der Waals surface area contributed by atoms with Crippen LogP contribution in [-0.2, 0) is 20.8 Å². The molecule has 0 bridgehead atoms. The lowest BCUT2D eigenvalue weighted by atomic mass is 10.2. The molecule has 0 fully saturated rings. The fourth-order valence-corrected chi connectivity index (χ4v) is 2.23. The van der Waals surface area contributed by atoms with Gasteiger partial charge in [0.1, 0.15) is 0 Å². The summed E-state index contributed by atoms with van der Waals surface area (Å²) in [4.78, 5) is 0. The van der Waals surface area contributed by atoms with Crippen molar-refractivity contribution >= 4 is 21.6 Å². The average molecular weight is 332 g/mol. The second-order valence-corrected chi connectivity index (χ2v) is 4.77. The maximum atomic E-state index is 5.51. The van der Waals surface area contributed by atoms with E-state index in [2.05, 4.69) is 21.2 Å². The first-order chi connectivity index (χ1) is 9.22. The van der Waals surface area contributed by atoms with E-state index in [4.69, 9.17) is 14.2 Å². The maximum absolute atomic E-state index is 5.51. The number of rotatable bonds is 9. The van der Waals surface area contributed by atoms with Crippen LogP contribution in [0, 0.1) is 0 Å². The summed E-state index contributed by atoms with van der Waals surface area (Å²) in [7, 11) is 1.69. The quantitative estimate of drug-likeness (QED) is 0.704. The zero-order valence-electron chi connectivity index (χ0n) is 11.7. The lowest BCUT2D eigenvalue weighted by Crippen LogP contribution is -2.26. The first-order valence-corrected chi connectivity index (χ1v) is 7.25. The maximum Gasteiger partial charge on any atom is 0.174 e. The van der Waals surface area contributed by atoms with Crippen molar-refractivity contribution < 1.29 is 14.2 Å². The minimum Gasteiger partial charge on any atom is -0.380 e. The Labute approximate surface area is 123 Å². The molecule has 0 aliphatic carbocycles. The fraction of sp³-hybridized carbons (Fsp3) is 0.571. The van der Waals surface area contributed by atoms with Crippen LogP contribution >= 0.6 is 15.9 Å². The Morgan fingerprint density at radius 1 is 1.21 bits per heavy atom. The van der Waals surface area contributed by atoms with E-state index in [0.717, 1.165) is 15.7 Å². The van der Waals surface area contributed by atoms with Crippen molar-refractivity contribution in [2.24, 2.45) is 0 Å². The van der Waals surface area contributed by atoms with Crippen molar-refractivity contribution in [2.45, 2.75) is 26.7 Å². The molecule has 0 spiro atoms. The van der Waals surface area contributed by atoms with Crippen molar-refractivity contribution in [3.8, 4) is 0 Å². The van der Waals surface area contributed by atoms with Gasteiger partial charge in [0.2, 0.25) is 0 Å². The number of anilines is 1. The number of ether oxygens (including phenoxy) is 3. The summed E-state index contributed by atoms with van der Waals surface area (Å²) in [5.74, 6) is 0. The van der Waals surface area contributed by atoms with Crippen LogP contribution in [0.2, 0.25) is 0 Å². The Balaban J connectivity index is 2.67. The normalized spacial score (nSPS) is 11.0. The largest absolute Gasteiger partial charge is 0.380 e. The van der Waals surface area contributed by atoms with E-state index in [1.807, 2.05) is 32.0 Å². The minimum atomic E-state index is -0.232. The smallest absolute Gasteiger partial charge is 0.174 e. The van der Waals surface area contributed by atoms with Gasteiger partial charge in [-0.15, -0.1) is 0 Å². The second-order valence-electron chi connectivity index (χ2n) is 3.92. The second kappa shape index (κ2) is 9.31. The van der Waals surface area contributed by atoms with E-state index in [1.165, 1.54) is 0 Å². The number of methoxy groups -OCH3 is 1. The third-order valence-corrected chi connectivity index (χ3v) is 3.31. The van der Waals surface area contributed by atoms with Gasteiger partial charge >= 0.3 is 0 Å². The third-order valence-electron chi connectivity index (χ3n) is 2.57. The van der Waals surface area contributed by atoms with Crippen LogP contribution in [0.4, 0.5) is 5.69 Å². The van der Waals surface area contributed by atoms with E-state index in [0.29, 0.717) is 26.4 Å². The molecule has 0 radical (unpaired) electrons. The molecule has 0 aliphatic heterocycles. The summed E-state index contributed by atoms with van der Waals surface area (Å²) in [6.07, 6.45) is -0.232. The van der Waals surface area contributed by atoms with Gasteiger partial charge in [0.05, 0.1) is 13.2 Å². The molecule has 1 aromatic carbocycles. The predicted octanol–water partition coefficient (Wildman–Crippen LogP) is 3.41. The van der Waals surface area contributed by atoms with Gasteiger partial charge in [0.25, 0.3) is 0 Å². The third kappa shape index (κ3) is 5.48. The summed E-state index contributed by atoms with van der Waals surface area (Å²) in [5.41, 5.74) is 2.12. The van der Waals surface area contributed by atoms with E-state index < -0.39 is 0 Å². The highest BCUT2D eigenvalue weighted by molar-refractivity contribution is 9.10. The molecule has 5 heteroatoms. The van der Waals surface area contributed by atoms with Crippen molar-refractivity contribution in [1.82, 2.24) is 0 Å². The molecule has 1 rings (SSSR count). The summed E-state index contributed by atoms with van der Waals surface area (Å²) in [6.45, 7) is 6.35. The molecule has 0 atom stereocenters. The average Bonchev–Trinajstić information content (AvgIpc) is 2.40. The Morgan fingerprint density at radius 2 is 1.89 bits per heavy atom. The molecule has 108 valence electrons. The molecule has 1 aromatic rings. The van der Waals surface area contributed by atoms with E-state index >= 15 is 0 Å². The van der Waals surface area contributed by atoms with Crippen molar-refractivity contribution in [1.29, 1.82) is 0 Å². The van der Waals surface area contributed by atoms with E-state index in [9.17, 15) is 0 Å². The van der Waals surface area contributed by atoms with Gasteiger partial charge in [-0.05, 0) is 26.0 Å². The van der Waals surface area contributed by atoms with Crippen LogP contribution in [0.25, 0.3) is 0 Å². The van der Waals surface area contributed by atoms with E-state index in [1.54, 1.807) is 7.11 Å².